The molecule has 0 saturated carbocycles. The average Bonchev–Trinajstić information content (AvgIpc) is 3.19. The Bertz CT molecular complexity index is 826. The van der Waals surface area contributed by atoms with Gasteiger partial charge in [0.2, 0.25) is 0 Å². The molecule has 0 fully saturated rings. The van der Waals surface area contributed by atoms with Crippen LogP contribution in [0.1, 0.15) is 25.9 Å². The summed E-state index contributed by atoms with van der Waals surface area (Å²) in [4.78, 5) is 32.2. The van der Waals surface area contributed by atoms with Gasteiger partial charge in [-0.1, -0.05) is 0 Å². The van der Waals surface area contributed by atoms with Gasteiger partial charge < -0.3 is 5.32 Å². The van der Waals surface area contributed by atoms with Crippen LogP contribution < -0.4 is 10.6 Å². The molecule has 0 saturated heterocycles. The fraction of sp³-hybridized carbons (Fsp3) is 0.0667. The third-order valence-electron chi connectivity index (χ3n) is 2.91. The Morgan fingerprint density at radius 2 is 1.83 bits per heavy atom. The standard InChI is InChI=1S/C15H12N4O2S2/c1-9-17-12(8-23-9)14(21)18-11-4-2-10(3-5-11)13(20)19-15-16-6-7-22-15/h2-8H,1H3,(H,18,21)(H,16,19,20). The Morgan fingerprint density at radius 1 is 1.04 bits per heavy atom. The van der Waals surface area contributed by atoms with E-state index in [0.717, 1.165) is 5.01 Å². The summed E-state index contributed by atoms with van der Waals surface area (Å²) in [7, 11) is 0. The zero-order chi connectivity index (χ0) is 16.2. The van der Waals surface area contributed by atoms with E-state index in [2.05, 4.69) is 20.6 Å². The molecule has 6 nitrogen and oxygen atoms in total. The first-order valence-corrected chi connectivity index (χ1v) is 8.42. The largest absolute Gasteiger partial charge is 0.321 e. The molecule has 23 heavy (non-hydrogen) atoms. The molecule has 0 bridgehead atoms. The van der Waals surface area contributed by atoms with Gasteiger partial charge in [0.25, 0.3) is 11.8 Å². The van der Waals surface area contributed by atoms with Gasteiger partial charge in [-0.3, -0.25) is 14.9 Å². The van der Waals surface area contributed by atoms with Crippen LogP contribution in [0.5, 0.6) is 0 Å². The molecule has 0 aliphatic heterocycles. The number of anilines is 2. The quantitative estimate of drug-likeness (QED) is 0.759. The lowest BCUT2D eigenvalue weighted by Gasteiger charge is -2.05. The highest BCUT2D eigenvalue weighted by Crippen LogP contribution is 2.15. The van der Waals surface area contributed by atoms with Crippen molar-refractivity contribution < 1.29 is 9.59 Å². The lowest BCUT2D eigenvalue weighted by molar-refractivity contribution is 0.101. The predicted octanol–water partition coefficient (Wildman–Crippen LogP) is 3.41. The molecular formula is C15H12N4O2S2. The number of nitrogens with zero attached hydrogens (tertiary/aromatic N) is 2. The van der Waals surface area contributed by atoms with Crippen molar-refractivity contribution in [3.05, 3.63) is 57.5 Å². The van der Waals surface area contributed by atoms with E-state index in [-0.39, 0.29) is 11.8 Å². The van der Waals surface area contributed by atoms with Crippen LogP contribution in [0.4, 0.5) is 10.8 Å². The molecule has 3 aromatic rings. The zero-order valence-corrected chi connectivity index (χ0v) is 13.7. The van der Waals surface area contributed by atoms with E-state index in [1.54, 1.807) is 41.2 Å². The Labute approximate surface area is 140 Å². The maximum atomic E-state index is 12.0. The fourth-order valence-corrected chi connectivity index (χ4v) is 2.94. The molecule has 2 aromatic heterocycles. The van der Waals surface area contributed by atoms with Crippen molar-refractivity contribution >= 4 is 45.3 Å². The monoisotopic (exact) mass is 344 g/mol. The minimum atomic E-state index is -0.269. The summed E-state index contributed by atoms with van der Waals surface area (Å²) in [5.74, 6) is -0.512. The maximum Gasteiger partial charge on any atom is 0.275 e. The summed E-state index contributed by atoms with van der Waals surface area (Å²) >= 11 is 2.77. The van der Waals surface area contributed by atoms with Crippen molar-refractivity contribution in [2.75, 3.05) is 10.6 Å². The minimum absolute atomic E-state index is 0.243. The van der Waals surface area contributed by atoms with E-state index in [4.69, 9.17) is 0 Å². The highest BCUT2D eigenvalue weighted by molar-refractivity contribution is 7.13. The number of thiazole rings is 2. The Balaban J connectivity index is 1.65. The van der Waals surface area contributed by atoms with E-state index < -0.39 is 0 Å². The topological polar surface area (TPSA) is 84.0 Å². The van der Waals surface area contributed by atoms with Gasteiger partial charge in [0.15, 0.2) is 5.13 Å². The summed E-state index contributed by atoms with van der Waals surface area (Å²) in [5.41, 5.74) is 1.48. The number of hydrogen-bond donors (Lipinski definition) is 2. The van der Waals surface area contributed by atoms with Crippen molar-refractivity contribution in [2.24, 2.45) is 0 Å². The number of rotatable bonds is 4. The molecule has 2 amide bonds. The zero-order valence-electron chi connectivity index (χ0n) is 12.1. The number of carbonyl (C=O) groups is 2. The van der Waals surface area contributed by atoms with Crippen molar-refractivity contribution in [3.8, 4) is 0 Å². The van der Waals surface area contributed by atoms with Gasteiger partial charge in [-0.2, -0.15) is 0 Å². The first kappa shape index (κ1) is 15.3. The summed E-state index contributed by atoms with van der Waals surface area (Å²) < 4.78 is 0. The highest BCUT2D eigenvalue weighted by atomic mass is 32.1. The lowest BCUT2D eigenvalue weighted by Crippen LogP contribution is -2.14. The summed E-state index contributed by atoms with van der Waals surface area (Å²) in [6, 6.07) is 6.64. The van der Waals surface area contributed by atoms with Crippen molar-refractivity contribution in [1.29, 1.82) is 0 Å². The molecule has 2 heterocycles. The molecule has 0 atom stereocenters. The second kappa shape index (κ2) is 6.67. The van der Waals surface area contributed by atoms with E-state index in [9.17, 15) is 9.59 Å². The van der Waals surface area contributed by atoms with Gasteiger partial charge >= 0.3 is 0 Å². The van der Waals surface area contributed by atoms with Crippen LogP contribution in [0.3, 0.4) is 0 Å². The van der Waals surface area contributed by atoms with Gasteiger partial charge in [-0.05, 0) is 31.2 Å². The van der Waals surface area contributed by atoms with Gasteiger partial charge in [0.05, 0.1) is 5.01 Å². The van der Waals surface area contributed by atoms with E-state index in [1.807, 2.05) is 6.92 Å². The van der Waals surface area contributed by atoms with Crippen LogP contribution in [0.2, 0.25) is 0 Å². The molecule has 0 aliphatic rings. The van der Waals surface area contributed by atoms with Gasteiger partial charge in [-0.25, -0.2) is 9.97 Å². The van der Waals surface area contributed by atoms with Crippen LogP contribution in [0.15, 0.2) is 41.2 Å². The Morgan fingerprint density at radius 3 is 2.43 bits per heavy atom. The van der Waals surface area contributed by atoms with E-state index >= 15 is 0 Å². The summed E-state index contributed by atoms with van der Waals surface area (Å²) in [6.07, 6.45) is 1.62. The van der Waals surface area contributed by atoms with Crippen molar-refractivity contribution in [2.45, 2.75) is 6.92 Å². The molecule has 0 unspecified atom stereocenters. The third-order valence-corrected chi connectivity index (χ3v) is 4.37. The molecule has 116 valence electrons. The van der Waals surface area contributed by atoms with Crippen LogP contribution in [0, 0.1) is 6.92 Å². The second-order valence-electron chi connectivity index (χ2n) is 4.57. The number of aryl methyl sites for hydroxylation is 1. The molecule has 0 radical (unpaired) electrons. The first-order chi connectivity index (χ1) is 11.1. The van der Waals surface area contributed by atoms with E-state index in [0.29, 0.717) is 22.1 Å². The van der Waals surface area contributed by atoms with Gasteiger partial charge in [0.1, 0.15) is 5.69 Å². The van der Waals surface area contributed by atoms with Crippen molar-refractivity contribution in [1.82, 2.24) is 9.97 Å². The molecule has 0 aliphatic carbocycles. The normalized spacial score (nSPS) is 10.3. The Hall–Kier alpha value is -2.58. The van der Waals surface area contributed by atoms with Crippen molar-refractivity contribution in [3.63, 3.8) is 0 Å². The smallest absolute Gasteiger partial charge is 0.275 e. The second-order valence-corrected chi connectivity index (χ2v) is 6.53. The highest BCUT2D eigenvalue weighted by Gasteiger charge is 2.11. The summed E-state index contributed by atoms with van der Waals surface area (Å²) in [5, 5.41) is 10.3. The van der Waals surface area contributed by atoms with Gasteiger partial charge in [0, 0.05) is 28.2 Å². The van der Waals surface area contributed by atoms with Crippen LogP contribution in [-0.2, 0) is 0 Å². The number of benzene rings is 1. The van der Waals surface area contributed by atoms with Gasteiger partial charge in [-0.15, -0.1) is 22.7 Å². The minimum Gasteiger partial charge on any atom is -0.321 e. The van der Waals surface area contributed by atoms with Crippen LogP contribution >= 0.6 is 22.7 Å². The molecule has 3 rings (SSSR count). The average molecular weight is 344 g/mol. The van der Waals surface area contributed by atoms with Crippen LogP contribution in [-0.4, -0.2) is 21.8 Å². The SMILES string of the molecule is Cc1nc(C(=O)Nc2ccc(C(=O)Nc3nccs3)cc2)cs1. The molecular weight excluding hydrogens is 332 g/mol. The van der Waals surface area contributed by atoms with E-state index in [1.165, 1.54) is 22.7 Å². The first-order valence-electron chi connectivity index (χ1n) is 6.66. The number of carbonyl (C=O) groups excluding carboxylic acids is 2. The maximum absolute atomic E-state index is 12.0. The Kier molecular flexibility index (Phi) is 4.45. The van der Waals surface area contributed by atoms with Crippen LogP contribution in [0.25, 0.3) is 0 Å². The number of aromatic nitrogens is 2. The number of amides is 2. The lowest BCUT2D eigenvalue weighted by atomic mass is 10.2. The molecule has 1 aromatic carbocycles. The molecule has 0 spiro atoms. The third kappa shape index (κ3) is 3.79. The summed E-state index contributed by atoms with van der Waals surface area (Å²) in [6.45, 7) is 1.84. The number of hydrogen-bond acceptors (Lipinski definition) is 6. The molecule has 2 N–H and O–H groups in total. The predicted molar refractivity (Wildman–Crippen MR) is 91.3 cm³/mol. The number of nitrogens with one attached hydrogen (secondary N) is 2. The fourth-order valence-electron chi connectivity index (χ4n) is 1.82. The molecule has 8 heteroatoms.